The van der Waals surface area contributed by atoms with Crippen molar-refractivity contribution in [3.8, 4) is 5.75 Å². The van der Waals surface area contributed by atoms with E-state index in [4.69, 9.17) is 16.3 Å². The SMILES string of the molecule is CN1CCC/C1=N\S(=O)(=O)c1ccc(NC(=O)COc2ccc(Cl)cc2)cc1. The minimum Gasteiger partial charge on any atom is -0.484 e. The van der Waals surface area contributed by atoms with Crippen molar-refractivity contribution in [2.45, 2.75) is 17.7 Å². The van der Waals surface area contributed by atoms with Crippen LogP contribution in [0.1, 0.15) is 12.8 Å². The topological polar surface area (TPSA) is 88.1 Å². The molecule has 7 nitrogen and oxygen atoms in total. The molecule has 9 heteroatoms. The third kappa shape index (κ3) is 5.24. The summed E-state index contributed by atoms with van der Waals surface area (Å²) in [5, 5.41) is 3.23. The Hall–Kier alpha value is -2.58. The highest BCUT2D eigenvalue weighted by molar-refractivity contribution is 7.90. The predicted octanol–water partition coefficient (Wildman–Crippen LogP) is 3.17. The molecule has 1 aliphatic heterocycles. The van der Waals surface area contributed by atoms with E-state index in [0.717, 1.165) is 13.0 Å². The van der Waals surface area contributed by atoms with E-state index in [1.807, 2.05) is 11.9 Å². The van der Waals surface area contributed by atoms with E-state index in [1.165, 1.54) is 24.3 Å². The Morgan fingerprint density at radius 2 is 1.86 bits per heavy atom. The van der Waals surface area contributed by atoms with Gasteiger partial charge in [0, 0.05) is 30.7 Å². The predicted molar refractivity (Wildman–Crippen MR) is 109 cm³/mol. The third-order valence-electron chi connectivity index (χ3n) is 4.18. The first-order chi connectivity index (χ1) is 13.3. The van der Waals surface area contributed by atoms with Crippen LogP contribution in [0.4, 0.5) is 5.69 Å². The lowest BCUT2D eigenvalue weighted by Gasteiger charge is -2.11. The van der Waals surface area contributed by atoms with E-state index in [9.17, 15) is 13.2 Å². The average molecular weight is 422 g/mol. The Morgan fingerprint density at radius 3 is 2.46 bits per heavy atom. The molecule has 0 aromatic heterocycles. The fourth-order valence-electron chi connectivity index (χ4n) is 2.69. The first-order valence-electron chi connectivity index (χ1n) is 8.67. The maximum absolute atomic E-state index is 12.4. The van der Waals surface area contributed by atoms with Crippen molar-refractivity contribution in [3.05, 3.63) is 53.6 Å². The summed E-state index contributed by atoms with van der Waals surface area (Å²) in [5.74, 6) is 0.729. The van der Waals surface area contributed by atoms with Gasteiger partial charge in [-0.25, -0.2) is 0 Å². The molecule has 0 bridgehead atoms. The van der Waals surface area contributed by atoms with E-state index >= 15 is 0 Å². The lowest BCUT2D eigenvalue weighted by molar-refractivity contribution is -0.118. The molecule has 0 radical (unpaired) electrons. The monoisotopic (exact) mass is 421 g/mol. The molecule has 0 unspecified atom stereocenters. The largest absolute Gasteiger partial charge is 0.484 e. The second-order valence-corrected chi connectivity index (χ2v) is 8.36. The number of anilines is 1. The Morgan fingerprint density at radius 1 is 1.18 bits per heavy atom. The maximum atomic E-state index is 12.4. The van der Waals surface area contributed by atoms with Gasteiger partial charge in [-0.3, -0.25) is 4.79 Å². The number of sulfonamides is 1. The zero-order valence-electron chi connectivity index (χ0n) is 15.3. The van der Waals surface area contributed by atoms with Crippen LogP contribution in [-0.2, 0) is 14.8 Å². The number of nitrogens with zero attached hydrogens (tertiary/aromatic N) is 2. The van der Waals surface area contributed by atoms with E-state index < -0.39 is 10.0 Å². The van der Waals surface area contributed by atoms with E-state index in [1.54, 1.807) is 24.3 Å². The molecule has 1 amide bonds. The van der Waals surface area contributed by atoms with Crippen molar-refractivity contribution in [1.82, 2.24) is 4.90 Å². The molecule has 1 saturated heterocycles. The molecule has 2 aromatic carbocycles. The number of hydrogen-bond acceptors (Lipinski definition) is 4. The number of carbonyl (C=O) groups excluding carboxylic acids is 1. The first-order valence-corrected chi connectivity index (χ1v) is 10.5. The highest BCUT2D eigenvalue weighted by atomic mass is 35.5. The van der Waals surface area contributed by atoms with Crippen molar-refractivity contribution < 1.29 is 17.9 Å². The number of ether oxygens (including phenoxy) is 1. The van der Waals surface area contributed by atoms with Gasteiger partial charge in [-0.2, -0.15) is 8.42 Å². The van der Waals surface area contributed by atoms with Crippen molar-refractivity contribution in [1.29, 1.82) is 0 Å². The van der Waals surface area contributed by atoms with Crippen LogP contribution < -0.4 is 10.1 Å². The van der Waals surface area contributed by atoms with Crippen LogP contribution in [0.3, 0.4) is 0 Å². The average Bonchev–Trinajstić information content (AvgIpc) is 3.06. The maximum Gasteiger partial charge on any atom is 0.283 e. The van der Waals surface area contributed by atoms with Crippen molar-refractivity contribution in [3.63, 3.8) is 0 Å². The van der Waals surface area contributed by atoms with Crippen molar-refractivity contribution in [2.75, 3.05) is 25.5 Å². The number of halogens is 1. The molecule has 3 rings (SSSR count). The standard InChI is InChI=1S/C19H20ClN3O4S/c1-23-12-2-3-18(23)22-28(25,26)17-10-6-15(7-11-17)21-19(24)13-27-16-8-4-14(20)5-9-16/h4-11H,2-3,12-13H2,1H3,(H,21,24)/b22-18+. The normalized spacial score (nSPS) is 15.6. The molecule has 0 aliphatic carbocycles. The summed E-state index contributed by atoms with van der Waals surface area (Å²) in [4.78, 5) is 13.9. The minimum atomic E-state index is -3.77. The van der Waals surface area contributed by atoms with E-state index in [2.05, 4.69) is 9.71 Å². The zero-order chi connectivity index (χ0) is 20.1. The fourth-order valence-corrected chi connectivity index (χ4v) is 3.91. The van der Waals surface area contributed by atoms with Gasteiger partial charge in [0.2, 0.25) is 0 Å². The van der Waals surface area contributed by atoms with Gasteiger partial charge < -0.3 is 15.0 Å². The molecular weight excluding hydrogens is 402 g/mol. The van der Waals surface area contributed by atoms with Gasteiger partial charge in [0.1, 0.15) is 11.6 Å². The van der Waals surface area contributed by atoms with Crippen molar-refractivity contribution in [2.24, 2.45) is 4.40 Å². The molecule has 148 valence electrons. The van der Waals surface area contributed by atoms with Crippen molar-refractivity contribution >= 4 is 39.1 Å². The second-order valence-electron chi connectivity index (χ2n) is 6.32. The van der Waals surface area contributed by atoms with Gasteiger partial charge in [-0.1, -0.05) is 11.6 Å². The number of amides is 1. The summed E-state index contributed by atoms with van der Waals surface area (Å²) >= 11 is 5.79. The van der Waals surface area contributed by atoms with Gasteiger partial charge in [0.25, 0.3) is 15.9 Å². The lowest BCUT2D eigenvalue weighted by atomic mass is 10.3. The Balaban J connectivity index is 1.59. The van der Waals surface area contributed by atoms with Gasteiger partial charge in [0.05, 0.1) is 4.90 Å². The fraction of sp³-hybridized carbons (Fsp3) is 0.263. The Labute approximate surface area is 169 Å². The quantitative estimate of drug-likeness (QED) is 0.773. The number of benzene rings is 2. The Bertz CT molecular complexity index is 973. The van der Waals surface area contributed by atoms with Crippen LogP contribution in [0.15, 0.2) is 57.8 Å². The summed E-state index contributed by atoms with van der Waals surface area (Å²) in [7, 11) is -1.95. The number of carbonyl (C=O) groups is 1. The number of rotatable bonds is 6. The summed E-state index contributed by atoms with van der Waals surface area (Å²) in [6.45, 7) is 0.624. The van der Waals surface area contributed by atoms with Gasteiger partial charge in [0.15, 0.2) is 6.61 Å². The van der Waals surface area contributed by atoms with Crippen LogP contribution in [0, 0.1) is 0 Å². The van der Waals surface area contributed by atoms with Crippen LogP contribution in [-0.4, -0.2) is 45.3 Å². The number of likely N-dealkylation sites (tertiary alicyclic amines) is 1. The molecule has 1 N–H and O–H groups in total. The molecule has 1 aliphatic rings. The third-order valence-corrected chi connectivity index (χ3v) is 5.75. The molecule has 28 heavy (non-hydrogen) atoms. The minimum absolute atomic E-state index is 0.0794. The summed E-state index contributed by atoms with van der Waals surface area (Å²) in [5.41, 5.74) is 0.467. The summed E-state index contributed by atoms with van der Waals surface area (Å²) in [6, 6.07) is 12.5. The Kier molecular flexibility index (Phi) is 6.21. The highest BCUT2D eigenvalue weighted by Gasteiger charge is 2.20. The lowest BCUT2D eigenvalue weighted by Crippen LogP contribution is -2.20. The molecule has 2 aromatic rings. The van der Waals surface area contributed by atoms with Crippen LogP contribution in [0.5, 0.6) is 5.75 Å². The highest BCUT2D eigenvalue weighted by Crippen LogP contribution is 2.19. The first kappa shape index (κ1) is 20.2. The number of hydrogen-bond donors (Lipinski definition) is 1. The molecule has 1 fully saturated rings. The zero-order valence-corrected chi connectivity index (χ0v) is 16.8. The van der Waals surface area contributed by atoms with Gasteiger partial charge >= 0.3 is 0 Å². The van der Waals surface area contributed by atoms with Gasteiger partial charge in [-0.05, 0) is 55.0 Å². The summed E-state index contributed by atoms with van der Waals surface area (Å²) < 4.78 is 34.1. The smallest absolute Gasteiger partial charge is 0.283 e. The number of nitrogens with one attached hydrogen (secondary N) is 1. The molecular formula is C19H20ClN3O4S. The second kappa shape index (κ2) is 8.62. The molecule has 0 spiro atoms. The van der Waals surface area contributed by atoms with Gasteiger partial charge in [-0.15, -0.1) is 4.40 Å². The summed E-state index contributed by atoms with van der Waals surface area (Å²) in [6.07, 6.45) is 1.55. The molecule has 0 atom stereocenters. The molecule has 0 saturated carbocycles. The molecule has 1 heterocycles. The van der Waals surface area contributed by atoms with E-state index in [0.29, 0.717) is 28.7 Å². The van der Waals surface area contributed by atoms with Crippen LogP contribution >= 0.6 is 11.6 Å². The number of amidine groups is 1. The van der Waals surface area contributed by atoms with Crippen LogP contribution in [0.25, 0.3) is 0 Å². The van der Waals surface area contributed by atoms with E-state index in [-0.39, 0.29) is 17.4 Å². The van der Waals surface area contributed by atoms with Crippen LogP contribution in [0.2, 0.25) is 5.02 Å².